The molecule has 0 radical (unpaired) electrons. The molecule has 2 aromatic rings. The van der Waals surface area contributed by atoms with Crippen LogP contribution in [0.4, 0.5) is 0 Å². The van der Waals surface area contributed by atoms with Gasteiger partial charge in [-0.05, 0) is 43.8 Å². The Labute approximate surface area is 104 Å². The third kappa shape index (κ3) is 3.10. The van der Waals surface area contributed by atoms with Gasteiger partial charge in [0.25, 0.3) is 0 Å². The lowest BCUT2D eigenvalue weighted by atomic mass is 10.2. The van der Waals surface area contributed by atoms with Crippen molar-refractivity contribution >= 4 is 17.5 Å². The first-order chi connectivity index (χ1) is 8.15. The van der Waals surface area contributed by atoms with Gasteiger partial charge in [-0.25, -0.2) is 15.0 Å². The second-order valence-electron chi connectivity index (χ2n) is 3.52. The fourth-order valence-electron chi connectivity index (χ4n) is 1.22. The summed E-state index contributed by atoms with van der Waals surface area (Å²) in [5.74, 6) is 0.0147. The number of carbonyl (C=O) groups is 1. The highest BCUT2D eigenvalue weighted by Crippen LogP contribution is 2.22. The first-order valence-electron chi connectivity index (χ1n) is 5.09. The molecule has 0 atom stereocenters. The Morgan fingerprint density at radius 3 is 2.65 bits per heavy atom. The first-order valence-corrected chi connectivity index (χ1v) is 5.91. The van der Waals surface area contributed by atoms with Crippen molar-refractivity contribution in [3.8, 4) is 0 Å². The number of rotatable bonds is 3. The monoisotopic (exact) mass is 245 g/mol. The molecule has 0 bridgehead atoms. The molecule has 0 unspecified atom stereocenters. The molecule has 0 N–H and O–H groups in total. The minimum atomic E-state index is 0.0147. The minimum absolute atomic E-state index is 0.0147. The molecule has 0 spiro atoms. The highest BCUT2D eigenvalue weighted by Gasteiger charge is 2.04. The molecular weight excluding hydrogens is 234 g/mol. The quantitative estimate of drug-likeness (QED) is 0.614. The summed E-state index contributed by atoms with van der Waals surface area (Å²) in [5, 5.41) is 1.44. The maximum atomic E-state index is 11.1. The van der Waals surface area contributed by atoms with Crippen molar-refractivity contribution in [2.24, 2.45) is 0 Å². The smallest absolute Gasteiger partial charge is 0.194 e. The molecule has 0 saturated carbocycles. The van der Waals surface area contributed by atoms with Crippen LogP contribution < -0.4 is 0 Å². The number of carbonyl (C=O) groups excluding carboxylic acids is 1. The van der Waals surface area contributed by atoms with Crippen LogP contribution in [0.25, 0.3) is 0 Å². The summed E-state index contributed by atoms with van der Waals surface area (Å²) in [6.07, 6.45) is 3.29. The lowest BCUT2D eigenvalue weighted by molar-refractivity contribution is 0.101. The van der Waals surface area contributed by atoms with Crippen LogP contribution in [0.15, 0.2) is 40.8 Å². The average molecular weight is 245 g/mol. The van der Waals surface area contributed by atoms with Gasteiger partial charge in [0, 0.05) is 23.7 Å². The van der Waals surface area contributed by atoms with Gasteiger partial charge in [-0.15, -0.1) is 0 Å². The highest BCUT2D eigenvalue weighted by molar-refractivity contribution is 7.99. The number of nitrogens with zero attached hydrogens (tertiary/aromatic N) is 3. The van der Waals surface area contributed by atoms with Gasteiger partial charge < -0.3 is 0 Å². The zero-order chi connectivity index (χ0) is 12.3. The Morgan fingerprint density at radius 2 is 2.06 bits per heavy atom. The third-order valence-electron chi connectivity index (χ3n) is 2.11. The topological polar surface area (TPSA) is 55.7 Å². The van der Waals surface area contributed by atoms with Gasteiger partial charge in [-0.2, -0.15) is 0 Å². The molecular formula is C12H11N3OS. The molecule has 0 fully saturated rings. The Bertz CT molecular complexity index is 540. The molecule has 0 saturated heterocycles. The molecule has 2 rings (SSSR count). The van der Waals surface area contributed by atoms with E-state index in [1.807, 2.05) is 13.0 Å². The lowest BCUT2D eigenvalue weighted by Crippen LogP contribution is -1.94. The number of hydrogen-bond acceptors (Lipinski definition) is 5. The van der Waals surface area contributed by atoms with Crippen molar-refractivity contribution in [1.29, 1.82) is 0 Å². The third-order valence-corrected chi connectivity index (χ3v) is 2.94. The van der Waals surface area contributed by atoms with Crippen LogP contribution in [-0.2, 0) is 0 Å². The van der Waals surface area contributed by atoms with E-state index in [1.54, 1.807) is 24.5 Å². The molecule has 5 heteroatoms. The number of aromatic nitrogens is 3. The average Bonchev–Trinajstić information content (AvgIpc) is 2.29. The highest BCUT2D eigenvalue weighted by atomic mass is 32.2. The SMILES string of the molecule is CC(=O)c1ccc(Sc2nccc(C)n2)nc1. The summed E-state index contributed by atoms with van der Waals surface area (Å²) in [6.45, 7) is 3.44. The Kier molecular flexibility index (Phi) is 3.49. The number of pyridine rings is 1. The van der Waals surface area contributed by atoms with Crippen molar-refractivity contribution in [3.05, 3.63) is 41.9 Å². The Morgan fingerprint density at radius 1 is 1.24 bits per heavy atom. The number of Topliss-reactive ketones (excluding diaryl/α,β-unsaturated/α-hetero) is 1. The molecule has 0 amide bonds. The van der Waals surface area contributed by atoms with Crippen molar-refractivity contribution < 1.29 is 4.79 Å². The predicted octanol–water partition coefficient (Wildman–Crippen LogP) is 2.53. The van der Waals surface area contributed by atoms with E-state index in [-0.39, 0.29) is 5.78 Å². The molecule has 0 aliphatic carbocycles. The van der Waals surface area contributed by atoms with Crippen LogP contribution in [0.2, 0.25) is 0 Å². The van der Waals surface area contributed by atoms with Crippen molar-refractivity contribution in [3.63, 3.8) is 0 Å². The van der Waals surface area contributed by atoms with Crippen LogP contribution in [0.1, 0.15) is 23.0 Å². The van der Waals surface area contributed by atoms with Crippen LogP contribution in [0.3, 0.4) is 0 Å². The summed E-state index contributed by atoms with van der Waals surface area (Å²) in [7, 11) is 0. The van der Waals surface area contributed by atoms with Crippen LogP contribution in [0.5, 0.6) is 0 Å². The molecule has 4 nitrogen and oxygen atoms in total. The summed E-state index contributed by atoms with van der Waals surface area (Å²) in [4.78, 5) is 23.7. The summed E-state index contributed by atoms with van der Waals surface area (Å²) >= 11 is 1.38. The maximum absolute atomic E-state index is 11.1. The van der Waals surface area contributed by atoms with Gasteiger partial charge >= 0.3 is 0 Å². The van der Waals surface area contributed by atoms with Gasteiger partial charge in [-0.3, -0.25) is 4.79 Å². The minimum Gasteiger partial charge on any atom is -0.294 e. The number of aryl methyl sites for hydroxylation is 1. The fraction of sp³-hybridized carbons (Fsp3) is 0.167. The zero-order valence-corrected chi connectivity index (χ0v) is 10.4. The standard InChI is InChI=1S/C12H11N3OS/c1-8-5-6-13-12(15-8)17-11-4-3-10(7-14-11)9(2)16/h3-7H,1-2H3. The van der Waals surface area contributed by atoms with Gasteiger partial charge in [-0.1, -0.05) is 0 Å². The van der Waals surface area contributed by atoms with E-state index in [0.29, 0.717) is 10.7 Å². The summed E-state index contributed by atoms with van der Waals surface area (Å²) in [5.41, 5.74) is 1.53. The van der Waals surface area contributed by atoms with Crippen molar-refractivity contribution in [2.75, 3.05) is 0 Å². The number of hydrogen-bond donors (Lipinski definition) is 0. The molecule has 0 aliphatic rings. The van der Waals surface area contributed by atoms with Gasteiger partial charge in [0.2, 0.25) is 0 Å². The largest absolute Gasteiger partial charge is 0.294 e. The van der Waals surface area contributed by atoms with E-state index >= 15 is 0 Å². The summed E-state index contributed by atoms with van der Waals surface area (Å²) in [6, 6.07) is 5.40. The Balaban J connectivity index is 2.16. The van der Waals surface area contributed by atoms with Gasteiger partial charge in [0.05, 0.1) is 0 Å². The maximum Gasteiger partial charge on any atom is 0.194 e. The Hall–Kier alpha value is -1.75. The van der Waals surface area contributed by atoms with E-state index in [0.717, 1.165) is 10.7 Å². The molecule has 0 aliphatic heterocycles. The van der Waals surface area contributed by atoms with Crippen LogP contribution >= 0.6 is 11.8 Å². The van der Waals surface area contributed by atoms with E-state index < -0.39 is 0 Å². The molecule has 2 aromatic heterocycles. The van der Waals surface area contributed by atoms with Crippen LogP contribution in [-0.4, -0.2) is 20.7 Å². The lowest BCUT2D eigenvalue weighted by Gasteiger charge is -2.00. The fourth-order valence-corrected chi connectivity index (χ4v) is 1.95. The van der Waals surface area contributed by atoms with Crippen LogP contribution in [0, 0.1) is 6.92 Å². The second kappa shape index (κ2) is 5.05. The number of ketones is 1. The van der Waals surface area contributed by atoms with E-state index in [4.69, 9.17) is 0 Å². The summed E-state index contributed by atoms with van der Waals surface area (Å²) < 4.78 is 0. The van der Waals surface area contributed by atoms with Gasteiger partial charge in [0.1, 0.15) is 5.03 Å². The molecule has 17 heavy (non-hydrogen) atoms. The predicted molar refractivity (Wildman–Crippen MR) is 65.1 cm³/mol. The zero-order valence-electron chi connectivity index (χ0n) is 9.54. The van der Waals surface area contributed by atoms with E-state index in [2.05, 4.69) is 15.0 Å². The van der Waals surface area contributed by atoms with E-state index in [1.165, 1.54) is 18.7 Å². The second-order valence-corrected chi connectivity index (χ2v) is 4.51. The van der Waals surface area contributed by atoms with Gasteiger partial charge in [0.15, 0.2) is 10.9 Å². The van der Waals surface area contributed by atoms with Crippen molar-refractivity contribution in [1.82, 2.24) is 15.0 Å². The normalized spacial score (nSPS) is 10.2. The van der Waals surface area contributed by atoms with E-state index in [9.17, 15) is 4.79 Å². The molecule has 2 heterocycles. The van der Waals surface area contributed by atoms with Crippen molar-refractivity contribution in [2.45, 2.75) is 24.0 Å². The first kappa shape index (κ1) is 11.7. The molecule has 86 valence electrons. The molecule has 0 aromatic carbocycles.